The van der Waals surface area contributed by atoms with Gasteiger partial charge in [0.1, 0.15) is 0 Å². The highest BCUT2D eigenvalue weighted by Crippen LogP contribution is 2.39. The smallest absolute Gasteiger partial charge is 0.0636 e. The molecule has 0 saturated heterocycles. The third-order valence-electron chi connectivity index (χ3n) is 8.38. The van der Waals surface area contributed by atoms with E-state index in [0.717, 1.165) is 39.3 Å². The first-order chi connectivity index (χ1) is 25.8. The zero-order valence-corrected chi connectivity index (χ0v) is 25.5. The fraction of sp³-hybridized carbons (Fsp3) is 0. The minimum absolute atomic E-state index is 0.0383. The van der Waals surface area contributed by atoms with Gasteiger partial charge in [0.2, 0.25) is 0 Å². The Bertz CT molecular complexity index is 2490. The largest absolute Gasteiger partial charge is 0.311 e. The third kappa shape index (κ3) is 5.83. The van der Waals surface area contributed by atoms with Crippen molar-refractivity contribution in [3.05, 3.63) is 200 Å². The van der Waals surface area contributed by atoms with Gasteiger partial charge in [-0.05, 0) is 104 Å². The monoisotopic (exact) mass is 605 g/mol. The van der Waals surface area contributed by atoms with Crippen LogP contribution in [0.15, 0.2) is 200 Å². The van der Waals surface area contributed by atoms with Crippen molar-refractivity contribution in [1.82, 2.24) is 0 Å². The van der Waals surface area contributed by atoms with Crippen molar-refractivity contribution in [3.8, 4) is 44.5 Å². The van der Waals surface area contributed by atoms with E-state index in [2.05, 4.69) is 77.7 Å². The lowest BCUT2D eigenvalue weighted by molar-refractivity contribution is 1.28. The van der Waals surface area contributed by atoms with Crippen LogP contribution in [0.25, 0.3) is 55.3 Å². The van der Waals surface area contributed by atoms with Crippen LogP contribution in [0.1, 0.15) is 8.22 Å². The number of benzene rings is 8. The second-order valence-electron chi connectivity index (χ2n) is 11.3. The normalized spacial score (nSPS) is 12.8. The van der Waals surface area contributed by atoms with Crippen LogP contribution in [0, 0.1) is 0 Å². The maximum absolute atomic E-state index is 9.44. The van der Waals surface area contributed by atoms with Gasteiger partial charge in [0.05, 0.1) is 8.22 Å². The van der Waals surface area contributed by atoms with Crippen molar-refractivity contribution < 1.29 is 8.22 Å². The van der Waals surface area contributed by atoms with Crippen LogP contribution >= 0.6 is 0 Å². The predicted octanol–water partition coefficient (Wildman–Crippen LogP) is 13.0. The second kappa shape index (κ2) is 12.7. The lowest BCUT2D eigenvalue weighted by Crippen LogP contribution is -2.09. The minimum atomic E-state index is -0.402. The average Bonchev–Trinajstić information content (AvgIpc) is 3.21. The number of rotatable bonds is 7. The lowest BCUT2D eigenvalue weighted by Gasteiger charge is -2.26. The van der Waals surface area contributed by atoms with Crippen LogP contribution in [0.2, 0.25) is 0 Å². The van der Waals surface area contributed by atoms with Crippen LogP contribution in [-0.4, -0.2) is 0 Å². The van der Waals surface area contributed by atoms with Gasteiger partial charge in [0.15, 0.2) is 0 Å². The van der Waals surface area contributed by atoms with E-state index in [1.54, 1.807) is 0 Å². The maximum atomic E-state index is 9.44. The van der Waals surface area contributed by atoms with E-state index < -0.39 is 6.04 Å². The predicted molar refractivity (Wildman–Crippen MR) is 200 cm³/mol. The zero-order valence-electron chi connectivity index (χ0n) is 31.5. The van der Waals surface area contributed by atoms with Gasteiger partial charge in [-0.2, -0.15) is 0 Å². The van der Waals surface area contributed by atoms with Crippen molar-refractivity contribution in [2.45, 2.75) is 0 Å². The molecule has 0 bridgehead atoms. The van der Waals surface area contributed by atoms with Crippen molar-refractivity contribution in [1.29, 1.82) is 0 Å². The Balaban J connectivity index is 1.27. The molecule has 1 nitrogen and oxygen atoms in total. The summed E-state index contributed by atoms with van der Waals surface area (Å²) in [5, 5.41) is 0.283. The molecule has 222 valence electrons. The van der Waals surface area contributed by atoms with Gasteiger partial charge in [-0.25, -0.2) is 0 Å². The van der Waals surface area contributed by atoms with E-state index in [0.29, 0.717) is 22.3 Å². The quantitative estimate of drug-likeness (QED) is 0.175. The molecule has 0 radical (unpaired) electrons. The molecule has 8 aromatic rings. The molecule has 0 spiro atoms. The summed E-state index contributed by atoms with van der Waals surface area (Å²) < 4.78 is 53.1. The Labute approximate surface area is 285 Å². The molecule has 0 fully saturated rings. The molecule has 0 unspecified atom stereocenters. The molecule has 47 heavy (non-hydrogen) atoms. The van der Waals surface area contributed by atoms with Gasteiger partial charge < -0.3 is 4.90 Å². The molecule has 0 aliphatic rings. The molecule has 0 N–H and O–H groups in total. The Morgan fingerprint density at radius 2 is 0.723 bits per heavy atom. The molecular weight excluding hydrogens is 567 g/mol. The van der Waals surface area contributed by atoms with Gasteiger partial charge in [0, 0.05) is 17.1 Å². The van der Waals surface area contributed by atoms with E-state index in [9.17, 15) is 2.74 Å². The van der Waals surface area contributed by atoms with Crippen LogP contribution < -0.4 is 4.90 Å². The van der Waals surface area contributed by atoms with Crippen LogP contribution in [0.4, 0.5) is 17.1 Å². The van der Waals surface area contributed by atoms with Crippen molar-refractivity contribution in [2.75, 3.05) is 4.90 Å². The van der Waals surface area contributed by atoms with Crippen molar-refractivity contribution >= 4 is 27.8 Å². The molecule has 8 aromatic carbocycles. The minimum Gasteiger partial charge on any atom is -0.311 e. The number of hydrogen-bond acceptors (Lipinski definition) is 1. The summed E-state index contributed by atoms with van der Waals surface area (Å²) in [4.78, 5) is 2.17. The maximum Gasteiger partial charge on any atom is 0.0636 e. The van der Waals surface area contributed by atoms with Crippen LogP contribution in [0.5, 0.6) is 0 Å². The number of hydrogen-bond donors (Lipinski definition) is 0. The molecule has 0 aromatic heterocycles. The fourth-order valence-corrected chi connectivity index (χ4v) is 5.99. The number of anilines is 3. The Morgan fingerprint density at radius 1 is 0.340 bits per heavy atom. The highest BCUT2D eigenvalue weighted by Gasteiger charge is 2.15. The summed E-state index contributed by atoms with van der Waals surface area (Å²) in [6.45, 7) is 0. The first-order valence-electron chi connectivity index (χ1n) is 18.6. The first kappa shape index (κ1) is 22.3. The number of fused-ring (bicyclic) bond motifs is 1. The highest BCUT2D eigenvalue weighted by atomic mass is 15.1. The Kier molecular flexibility index (Phi) is 6.02. The third-order valence-corrected chi connectivity index (χ3v) is 8.38. The lowest BCUT2D eigenvalue weighted by atomic mass is 9.93. The standard InChI is InChI=1S/C46H33N/c1-4-12-34(13-5-1)36-20-26-42(27-21-36)47(43-28-22-37(23-29-43)35-14-6-2-7-15-35)44-30-24-38(25-31-44)41-32-40-18-10-11-19-45(40)46(33-41)39-16-8-3-9-17-39/h1-33H/i10D,11D,18D,19D,32D,33D. The van der Waals surface area contributed by atoms with E-state index >= 15 is 0 Å². The van der Waals surface area contributed by atoms with Crippen molar-refractivity contribution in [3.63, 3.8) is 0 Å². The summed E-state index contributed by atoms with van der Waals surface area (Å²) >= 11 is 0. The molecule has 1 heteroatoms. The first-order valence-corrected chi connectivity index (χ1v) is 15.6. The average molecular weight is 606 g/mol. The van der Waals surface area contributed by atoms with Crippen LogP contribution in [-0.2, 0) is 0 Å². The highest BCUT2D eigenvalue weighted by molar-refractivity contribution is 6.00. The molecule has 0 atom stereocenters. The van der Waals surface area contributed by atoms with E-state index in [1.165, 1.54) is 0 Å². The molecule has 0 aliphatic carbocycles. The Morgan fingerprint density at radius 3 is 1.19 bits per heavy atom. The molecule has 8 rings (SSSR count). The molecular formula is C46H33N. The molecule has 0 aliphatic heterocycles. The topological polar surface area (TPSA) is 3.24 Å². The SMILES string of the molecule is [2H]c1c([2H])c([2H])c2c(-c3ccccc3)c([2H])c(-c3ccc(N(c4ccc(-c5ccccc5)cc4)c4ccc(-c5ccccc5)cc4)cc3)c([2H])c2c1[2H]. The zero-order chi connectivity index (χ0) is 36.6. The van der Waals surface area contributed by atoms with Gasteiger partial charge in [-0.15, -0.1) is 0 Å². The summed E-state index contributed by atoms with van der Waals surface area (Å²) in [5.74, 6) is 0. The summed E-state index contributed by atoms with van der Waals surface area (Å²) in [5.41, 5.74) is 9.21. The van der Waals surface area contributed by atoms with Gasteiger partial charge in [0.25, 0.3) is 0 Å². The van der Waals surface area contributed by atoms with Crippen molar-refractivity contribution in [2.24, 2.45) is 0 Å². The van der Waals surface area contributed by atoms with Crippen LogP contribution in [0.3, 0.4) is 0 Å². The van der Waals surface area contributed by atoms with Gasteiger partial charge in [-0.1, -0.05) is 152 Å². The van der Waals surface area contributed by atoms with Gasteiger partial charge >= 0.3 is 0 Å². The molecule has 0 saturated carbocycles. The van der Waals surface area contributed by atoms with Gasteiger partial charge in [-0.3, -0.25) is 0 Å². The Hall–Kier alpha value is -6.18. The molecule has 0 heterocycles. The summed E-state index contributed by atoms with van der Waals surface area (Å²) in [6.07, 6.45) is 0. The second-order valence-corrected chi connectivity index (χ2v) is 11.3. The van der Waals surface area contributed by atoms with E-state index in [4.69, 9.17) is 5.48 Å². The van der Waals surface area contributed by atoms with E-state index in [1.807, 2.05) is 91.0 Å². The molecule has 0 amide bonds. The van der Waals surface area contributed by atoms with E-state index in [-0.39, 0.29) is 41.0 Å². The summed E-state index contributed by atoms with van der Waals surface area (Å²) in [7, 11) is 0. The fourth-order valence-electron chi connectivity index (χ4n) is 5.99. The number of nitrogens with zero attached hydrogens (tertiary/aromatic N) is 1. The summed E-state index contributed by atoms with van der Waals surface area (Å²) in [6, 6.07) is 52.9.